The van der Waals surface area contributed by atoms with E-state index in [9.17, 15) is 9.18 Å². The number of halogens is 1. The number of nitrogens with zero attached hydrogens (tertiary/aromatic N) is 1. The molecule has 1 aromatic carbocycles. The lowest BCUT2D eigenvalue weighted by Crippen LogP contribution is -2.44. The first-order chi connectivity index (χ1) is 11.2. The predicted octanol–water partition coefficient (Wildman–Crippen LogP) is 2.12. The van der Waals surface area contributed by atoms with Crippen LogP contribution in [0.25, 0.3) is 0 Å². The molecule has 5 heteroatoms. The van der Waals surface area contributed by atoms with Crippen molar-refractivity contribution in [2.45, 2.75) is 25.4 Å². The second kappa shape index (κ2) is 5.87. The maximum atomic E-state index is 14.0. The third kappa shape index (κ3) is 2.76. The van der Waals surface area contributed by atoms with Gasteiger partial charge in [0.15, 0.2) is 0 Å². The molecule has 4 nitrogen and oxygen atoms in total. The first kappa shape index (κ1) is 15.1. The zero-order valence-corrected chi connectivity index (χ0v) is 13.3. The number of benzene rings is 1. The normalized spacial score (nSPS) is 29.5. The largest absolute Gasteiger partial charge is 0.370 e. The lowest BCUT2D eigenvalue weighted by Gasteiger charge is -2.34. The highest BCUT2D eigenvalue weighted by molar-refractivity contribution is 5.83. The Hall–Kier alpha value is -1.46. The summed E-state index contributed by atoms with van der Waals surface area (Å²) in [7, 11) is 0. The summed E-state index contributed by atoms with van der Waals surface area (Å²) in [5.74, 6) is 0.161. The number of hydrogen-bond donors (Lipinski definition) is 1. The van der Waals surface area contributed by atoms with Crippen molar-refractivity contribution >= 4 is 5.91 Å². The van der Waals surface area contributed by atoms with E-state index in [4.69, 9.17) is 4.74 Å². The molecule has 1 amide bonds. The van der Waals surface area contributed by atoms with Crippen molar-refractivity contribution < 1.29 is 13.9 Å². The lowest BCUT2D eigenvalue weighted by atomic mass is 9.91. The molecule has 1 aliphatic carbocycles. The first-order valence-corrected chi connectivity index (χ1v) is 8.55. The van der Waals surface area contributed by atoms with Gasteiger partial charge in [0.2, 0.25) is 5.91 Å². The second-order valence-corrected chi connectivity index (χ2v) is 7.03. The number of carbonyl (C=O) groups excluding carboxylic acids is 1. The third-order valence-electron chi connectivity index (χ3n) is 5.72. The Morgan fingerprint density at radius 2 is 2.09 bits per heavy atom. The van der Waals surface area contributed by atoms with E-state index >= 15 is 0 Å². The molecule has 2 heterocycles. The molecule has 0 aromatic heterocycles. The summed E-state index contributed by atoms with van der Waals surface area (Å²) in [4.78, 5) is 14.7. The van der Waals surface area contributed by atoms with Gasteiger partial charge < -0.3 is 15.0 Å². The van der Waals surface area contributed by atoms with Crippen LogP contribution < -0.4 is 5.32 Å². The summed E-state index contributed by atoms with van der Waals surface area (Å²) in [5.41, 5.74) is 0.797. The van der Waals surface area contributed by atoms with Crippen LogP contribution in [0.4, 0.5) is 4.39 Å². The number of amides is 1. The van der Waals surface area contributed by atoms with Gasteiger partial charge in [0.05, 0.1) is 13.2 Å². The number of nitrogens with one attached hydrogen (secondary N) is 1. The van der Waals surface area contributed by atoms with Gasteiger partial charge in [-0.1, -0.05) is 18.2 Å². The molecular weight excluding hydrogens is 295 g/mol. The van der Waals surface area contributed by atoms with Gasteiger partial charge in [0, 0.05) is 18.0 Å². The number of piperidine rings is 1. The van der Waals surface area contributed by atoms with Crippen LogP contribution in [-0.4, -0.2) is 43.6 Å². The molecule has 1 spiro atoms. The Bertz CT molecular complexity index is 600. The van der Waals surface area contributed by atoms with Crippen LogP contribution in [-0.2, 0) is 9.53 Å². The fourth-order valence-electron chi connectivity index (χ4n) is 4.17. The van der Waals surface area contributed by atoms with Crippen LogP contribution in [0, 0.1) is 17.2 Å². The van der Waals surface area contributed by atoms with E-state index < -0.39 is 0 Å². The fraction of sp³-hybridized carbons (Fsp3) is 0.611. The quantitative estimate of drug-likeness (QED) is 0.908. The molecule has 2 saturated heterocycles. The number of rotatable bonds is 2. The molecule has 2 atom stereocenters. The van der Waals surface area contributed by atoms with Crippen molar-refractivity contribution in [3.63, 3.8) is 0 Å². The summed E-state index contributed by atoms with van der Waals surface area (Å²) in [6, 6.07) is 6.69. The minimum absolute atomic E-state index is 0.170. The summed E-state index contributed by atoms with van der Waals surface area (Å²) >= 11 is 0. The van der Waals surface area contributed by atoms with Crippen LogP contribution >= 0.6 is 0 Å². The highest BCUT2D eigenvalue weighted by Gasteiger charge is 2.58. The van der Waals surface area contributed by atoms with Crippen LogP contribution in [0.5, 0.6) is 0 Å². The van der Waals surface area contributed by atoms with E-state index in [1.165, 1.54) is 6.07 Å². The lowest BCUT2D eigenvalue weighted by molar-refractivity contribution is -0.141. The zero-order chi connectivity index (χ0) is 15.9. The Labute approximate surface area is 136 Å². The van der Waals surface area contributed by atoms with E-state index in [1.807, 2.05) is 11.0 Å². The van der Waals surface area contributed by atoms with Crippen molar-refractivity contribution in [3.05, 3.63) is 35.6 Å². The Kier molecular flexibility index (Phi) is 3.85. The van der Waals surface area contributed by atoms with Gasteiger partial charge in [-0.2, -0.15) is 0 Å². The van der Waals surface area contributed by atoms with Gasteiger partial charge in [-0.25, -0.2) is 4.39 Å². The van der Waals surface area contributed by atoms with Crippen LogP contribution in [0.3, 0.4) is 0 Å². The summed E-state index contributed by atoms with van der Waals surface area (Å²) in [6.07, 6.45) is 2.88. The number of carbonyl (C=O) groups is 1. The van der Waals surface area contributed by atoms with Crippen molar-refractivity contribution in [3.8, 4) is 0 Å². The molecule has 3 fully saturated rings. The van der Waals surface area contributed by atoms with Crippen LogP contribution in [0.2, 0.25) is 0 Å². The molecule has 124 valence electrons. The highest BCUT2D eigenvalue weighted by atomic mass is 19.1. The molecule has 1 saturated carbocycles. The number of morpholine rings is 1. The van der Waals surface area contributed by atoms with Gasteiger partial charge in [-0.15, -0.1) is 0 Å². The van der Waals surface area contributed by atoms with Gasteiger partial charge in [0.1, 0.15) is 11.9 Å². The first-order valence-electron chi connectivity index (χ1n) is 8.55. The molecule has 3 aliphatic rings. The van der Waals surface area contributed by atoms with Crippen molar-refractivity contribution in [1.29, 1.82) is 0 Å². The topological polar surface area (TPSA) is 41.6 Å². The molecule has 0 radical (unpaired) electrons. The Morgan fingerprint density at radius 1 is 1.30 bits per heavy atom. The molecule has 4 rings (SSSR count). The average molecular weight is 318 g/mol. The maximum Gasteiger partial charge on any atom is 0.226 e. The highest BCUT2D eigenvalue weighted by Crippen LogP contribution is 2.59. The van der Waals surface area contributed by atoms with Gasteiger partial charge in [0.25, 0.3) is 0 Å². The minimum Gasteiger partial charge on any atom is -0.370 e. The summed E-state index contributed by atoms with van der Waals surface area (Å²) in [5, 5.41) is 3.37. The monoisotopic (exact) mass is 318 g/mol. The Balaban J connectivity index is 1.44. The van der Waals surface area contributed by atoms with E-state index in [0.717, 1.165) is 32.4 Å². The molecule has 1 N–H and O–H groups in total. The van der Waals surface area contributed by atoms with Gasteiger partial charge in [-0.3, -0.25) is 4.79 Å². The third-order valence-corrected chi connectivity index (χ3v) is 5.72. The van der Waals surface area contributed by atoms with Crippen molar-refractivity contribution in [2.75, 3.05) is 32.8 Å². The standard InChI is InChI=1S/C18H23FN2O2/c19-15-4-2-1-3-13(15)16-12-21(9-10-23-16)17(22)14-11-18(14)5-7-20-8-6-18/h1-4,14,16,20H,5-12H2/t14-,16+/m1/s1. The SMILES string of the molecule is O=C([C@H]1CC12CCNCC2)N1CCO[C@H](c2ccccc2F)C1. The van der Waals surface area contributed by atoms with E-state index in [2.05, 4.69) is 5.32 Å². The fourth-order valence-corrected chi connectivity index (χ4v) is 4.17. The van der Waals surface area contributed by atoms with Crippen molar-refractivity contribution in [2.24, 2.45) is 11.3 Å². The van der Waals surface area contributed by atoms with E-state index in [0.29, 0.717) is 25.3 Å². The van der Waals surface area contributed by atoms with Crippen LogP contribution in [0.1, 0.15) is 30.9 Å². The zero-order valence-electron chi connectivity index (χ0n) is 13.3. The minimum atomic E-state index is -0.350. The molecule has 23 heavy (non-hydrogen) atoms. The average Bonchev–Trinajstić information content (AvgIpc) is 3.28. The molecule has 1 aromatic rings. The number of hydrogen-bond acceptors (Lipinski definition) is 3. The molecule has 0 unspecified atom stereocenters. The maximum absolute atomic E-state index is 14.0. The van der Waals surface area contributed by atoms with E-state index in [-0.39, 0.29) is 29.2 Å². The van der Waals surface area contributed by atoms with Gasteiger partial charge >= 0.3 is 0 Å². The smallest absolute Gasteiger partial charge is 0.226 e. The predicted molar refractivity (Wildman–Crippen MR) is 84.3 cm³/mol. The molecular formula is C18H23FN2O2. The Morgan fingerprint density at radius 3 is 2.87 bits per heavy atom. The summed E-state index contributed by atoms with van der Waals surface area (Å²) in [6.45, 7) is 3.60. The molecule has 2 aliphatic heterocycles. The number of ether oxygens (including phenoxy) is 1. The second-order valence-electron chi connectivity index (χ2n) is 7.03. The van der Waals surface area contributed by atoms with E-state index in [1.54, 1.807) is 12.1 Å². The van der Waals surface area contributed by atoms with Crippen molar-refractivity contribution in [1.82, 2.24) is 10.2 Å². The molecule has 0 bridgehead atoms. The summed E-state index contributed by atoms with van der Waals surface area (Å²) < 4.78 is 19.7. The van der Waals surface area contributed by atoms with Gasteiger partial charge in [-0.05, 0) is 43.8 Å². The van der Waals surface area contributed by atoms with Crippen LogP contribution in [0.15, 0.2) is 24.3 Å².